The Bertz CT molecular complexity index is 6810. The third-order valence-electron chi connectivity index (χ3n) is 30.0. The van der Waals surface area contributed by atoms with Crippen molar-refractivity contribution in [1.29, 1.82) is 0 Å². The number of piperidine rings is 1. The van der Waals surface area contributed by atoms with Crippen LogP contribution in [0.1, 0.15) is 154 Å². The number of aliphatic hydroxyl groups is 2. The van der Waals surface area contributed by atoms with Crippen molar-refractivity contribution in [3.63, 3.8) is 0 Å². The van der Waals surface area contributed by atoms with E-state index in [1.165, 1.54) is 88.9 Å². The molecule has 6 aliphatic heterocycles. The number of hydrogen-bond donors (Lipinski definition) is 2. The molecule has 4 aliphatic carbocycles. The summed E-state index contributed by atoms with van der Waals surface area (Å²) in [6.07, 6.45) is 23.6. The van der Waals surface area contributed by atoms with Gasteiger partial charge in [0.2, 0.25) is 0 Å². The Morgan fingerprint density at radius 2 is 0.939 bits per heavy atom. The van der Waals surface area contributed by atoms with Crippen LogP contribution in [0.15, 0.2) is 273 Å². The molecule has 6 unspecified atom stereocenters. The molecule has 3 saturated heterocycles. The third-order valence-corrected chi connectivity index (χ3v) is 30.0. The minimum Gasteiger partial charge on any atom is -0.497 e. The van der Waals surface area contributed by atoms with Gasteiger partial charge in [0.1, 0.15) is 45.9 Å². The largest absolute Gasteiger partial charge is 0.497 e. The minimum absolute atomic E-state index is 0.0585. The number of anilines is 3. The summed E-state index contributed by atoms with van der Waals surface area (Å²) in [6, 6.07) is 88.1. The zero-order valence-electron chi connectivity index (χ0n) is 75.4. The molecule has 14 aromatic carbocycles. The van der Waals surface area contributed by atoms with Crippen LogP contribution < -0.4 is 43.1 Å². The van der Waals surface area contributed by atoms with Crippen LogP contribution in [0, 0.1) is 31.5 Å². The average Bonchev–Trinajstić information content (AvgIpc) is 1.51. The van der Waals surface area contributed by atoms with Gasteiger partial charge < -0.3 is 62.8 Å². The molecule has 6 atom stereocenters. The molecule has 131 heavy (non-hydrogen) atoms. The lowest BCUT2D eigenvalue weighted by atomic mass is 9.65. The first-order chi connectivity index (χ1) is 64.2. The minimum atomic E-state index is -1.12. The second-order valence-corrected chi connectivity index (χ2v) is 37.2. The lowest BCUT2D eigenvalue weighted by Crippen LogP contribution is -2.37. The number of aryl methyl sites for hydroxylation is 2. The molecule has 5 fully saturated rings. The molecule has 1 spiro atoms. The first kappa shape index (κ1) is 83.7. The molecule has 0 aromatic heterocycles. The number of rotatable bonds is 15. The molecule has 10 aliphatic rings. The van der Waals surface area contributed by atoms with Crippen LogP contribution in [-0.4, -0.2) is 97.2 Å². The highest BCUT2D eigenvalue weighted by atomic mass is 19.1. The topological polar surface area (TPSA) is 124 Å². The molecule has 0 amide bonds. The summed E-state index contributed by atoms with van der Waals surface area (Å²) in [4.78, 5) is 7.22. The summed E-state index contributed by atoms with van der Waals surface area (Å²) >= 11 is 0. The van der Waals surface area contributed by atoms with E-state index in [1.54, 1.807) is 33.5 Å². The monoisotopic (exact) mass is 1740 g/mol. The Morgan fingerprint density at radius 1 is 0.427 bits per heavy atom. The Hall–Kier alpha value is -13.0. The van der Waals surface area contributed by atoms with Gasteiger partial charge in [0.05, 0.1) is 54.4 Å². The zero-order valence-corrected chi connectivity index (χ0v) is 75.4. The summed E-state index contributed by atoms with van der Waals surface area (Å²) in [6.45, 7) is 14.9. The fourth-order valence-corrected chi connectivity index (χ4v) is 23.7. The van der Waals surface area contributed by atoms with Gasteiger partial charge in [-0.1, -0.05) is 207 Å². The number of fused-ring (bicyclic) bond motifs is 24. The molecular formula is C117H110FN3O10. The highest BCUT2D eigenvalue weighted by Gasteiger charge is 2.59. The Labute approximate surface area is 766 Å². The number of hydrogen-bond acceptors (Lipinski definition) is 13. The van der Waals surface area contributed by atoms with Gasteiger partial charge in [0, 0.05) is 140 Å². The number of halogens is 1. The van der Waals surface area contributed by atoms with Crippen molar-refractivity contribution in [2.75, 3.05) is 102 Å². The van der Waals surface area contributed by atoms with Crippen molar-refractivity contribution in [1.82, 2.24) is 0 Å². The molecule has 0 radical (unpaired) electrons. The lowest BCUT2D eigenvalue weighted by molar-refractivity contribution is 0.0737. The summed E-state index contributed by atoms with van der Waals surface area (Å²) in [7, 11) is 5.09. The maximum atomic E-state index is 14.6. The number of ether oxygens (including phenoxy) is 8. The van der Waals surface area contributed by atoms with Crippen molar-refractivity contribution in [2.24, 2.45) is 11.8 Å². The summed E-state index contributed by atoms with van der Waals surface area (Å²) in [5.74, 6) is 5.94. The Kier molecular flexibility index (Phi) is 21.6. The van der Waals surface area contributed by atoms with Crippen molar-refractivity contribution in [2.45, 2.75) is 113 Å². The third kappa shape index (κ3) is 14.0. The van der Waals surface area contributed by atoms with Crippen molar-refractivity contribution in [3.8, 4) is 56.8 Å². The molecule has 13 nitrogen and oxygen atoms in total. The second kappa shape index (κ2) is 33.8. The summed E-state index contributed by atoms with van der Waals surface area (Å²) in [5, 5.41) is 29.7. The molecule has 2 saturated carbocycles. The second-order valence-electron chi connectivity index (χ2n) is 37.2. The van der Waals surface area contributed by atoms with E-state index in [9.17, 15) is 14.6 Å². The van der Waals surface area contributed by atoms with E-state index >= 15 is 0 Å². The van der Waals surface area contributed by atoms with Gasteiger partial charge >= 0.3 is 0 Å². The number of benzene rings is 14. The van der Waals surface area contributed by atoms with Crippen LogP contribution in [0.3, 0.4) is 0 Å². The van der Waals surface area contributed by atoms with E-state index in [0.29, 0.717) is 25.6 Å². The molecule has 24 rings (SSSR count). The first-order valence-electron chi connectivity index (χ1n) is 47.0. The quantitative estimate of drug-likeness (QED) is 0.101. The lowest BCUT2D eigenvalue weighted by Gasteiger charge is -2.41. The zero-order chi connectivity index (χ0) is 88.9. The van der Waals surface area contributed by atoms with E-state index in [0.717, 1.165) is 222 Å². The molecule has 2 bridgehead atoms. The van der Waals surface area contributed by atoms with Gasteiger partial charge in [-0.05, 0) is 241 Å². The van der Waals surface area contributed by atoms with E-state index in [1.807, 2.05) is 30.3 Å². The molecular weight excluding hydrogens is 1630 g/mol. The molecule has 14 aromatic rings. The van der Waals surface area contributed by atoms with Crippen molar-refractivity contribution >= 4 is 67.6 Å². The van der Waals surface area contributed by atoms with E-state index < -0.39 is 22.4 Å². The van der Waals surface area contributed by atoms with Gasteiger partial charge in [0.15, 0.2) is 16.8 Å². The van der Waals surface area contributed by atoms with Gasteiger partial charge in [-0.15, -0.1) is 0 Å². The first-order valence-corrected chi connectivity index (χ1v) is 47.0. The van der Waals surface area contributed by atoms with E-state index in [2.05, 4.69) is 278 Å². The fraction of sp³-hybridized carbons (Fsp3) is 0.282. The standard InChI is InChI=1S/C45H43NO3.C39H36O4.C33H31FN2O3/c1-48-35-17-19-36-39(26-35)43-38(42-41(36)37-18-11-30(28-47)25-40(37)44(42)27-29-10-12-33(44)24-29)20-21-45(49-43,31-8-4-2-5-9-31)32-13-15-34(16-14-32)46-22-6-3-7-23-46;1-6-20-38(40)34-23-25(3)8-18-31(34)35-30-17-7-24(2)22-33(30)37-32(36(35)38)19-21-39(43-37,26-9-13-28(41-4)14-10-26)27-11-15-29(42-5)16-12-27;34-26-5-3-4-25(22-26)33(24-8-10-27(11-9-24)35-14-18-37-19-15-35)13-12-30-28-6-1-2-7-29(28)31(23-32(30)39-33)36-16-20-38-21-17-36/h2,4-5,8-9,11,13-21,25-26,29,33,47H,3,6-7,10,12,22-24,27-28H2,1H3;7-19,21-23,40H,6,20H2,1-5H3;1-13,22-23H,14-21H2. The maximum absolute atomic E-state index is 14.6. The SMILES string of the molecule is CCCC1(O)c2cc(C)ccc2-c2c1c1c(c3cc(C)ccc23)OC(c2ccc(OC)cc2)(c2ccc(OC)cc2)C=C1.COc1ccc2c3c(c4c(c2c1)OC(c1ccccc1)(c1ccc(N2CCCCC2)cc1)C=C4)C1(CC2CCC1C2)c1cc(CO)ccc1-3.Fc1cccc(C2(c3ccc(N4CCOCC4)cc3)C=Cc3c(cc(N4CCOCC4)c4ccccc34)O2)c1. The summed E-state index contributed by atoms with van der Waals surface area (Å²) in [5.41, 5.74) is 21.7. The predicted molar refractivity (Wildman–Crippen MR) is 524 cm³/mol. The van der Waals surface area contributed by atoms with Crippen LogP contribution in [0.4, 0.5) is 21.5 Å². The van der Waals surface area contributed by atoms with Gasteiger partial charge in [-0.2, -0.15) is 0 Å². The maximum Gasteiger partial charge on any atom is 0.178 e. The highest BCUT2D eigenvalue weighted by molar-refractivity contribution is 6.11. The smallest absolute Gasteiger partial charge is 0.178 e. The van der Waals surface area contributed by atoms with Crippen LogP contribution >= 0.6 is 0 Å². The highest BCUT2D eigenvalue weighted by Crippen LogP contribution is 2.70. The molecule has 14 heteroatoms. The molecule has 2 N–H and O–H groups in total. The number of methoxy groups -OCH3 is 3. The van der Waals surface area contributed by atoms with Crippen LogP contribution in [-0.2, 0) is 43.9 Å². The van der Waals surface area contributed by atoms with Crippen LogP contribution in [0.25, 0.3) is 72.8 Å². The molecule has 660 valence electrons. The van der Waals surface area contributed by atoms with Crippen LogP contribution in [0.2, 0.25) is 0 Å². The van der Waals surface area contributed by atoms with Gasteiger partial charge in [-0.25, -0.2) is 4.39 Å². The van der Waals surface area contributed by atoms with E-state index in [4.69, 9.17) is 37.9 Å². The number of morpholine rings is 2. The van der Waals surface area contributed by atoms with Crippen LogP contribution in [0.5, 0.6) is 34.5 Å². The van der Waals surface area contributed by atoms with E-state index in [-0.39, 0.29) is 17.8 Å². The number of aliphatic hydroxyl groups excluding tert-OH is 1. The molecule has 6 heterocycles. The normalized spacial score (nSPS) is 21.8. The average molecular weight is 1740 g/mol. The fourth-order valence-electron chi connectivity index (χ4n) is 23.7. The van der Waals surface area contributed by atoms with Gasteiger partial charge in [-0.3, -0.25) is 0 Å². The Morgan fingerprint density at radius 3 is 1.53 bits per heavy atom. The summed E-state index contributed by atoms with van der Waals surface area (Å²) < 4.78 is 64.6. The van der Waals surface area contributed by atoms with Crippen molar-refractivity contribution in [3.05, 3.63) is 368 Å². The Balaban J connectivity index is 0.000000116. The number of nitrogens with zero attached hydrogens (tertiary/aromatic N) is 3. The van der Waals surface area contributed by atoms with Gasteiger partial charge in [0.25, 0.3) is 0 Å². The predicted octanol–water partition coefficient (Wildman–Crippen LogP) is 24.6. The van der Waals surface area contributed by atoms with Crippen molar-refractivity contribution < 1.29 is 52.5 Å².